The highest BCUT2D eigenvalue weighted by Crippen LogP contribution is 2.30. The molecule has 0 spiro atoms. The number of aliphatic hydroxyl groups excluding tert-OH is 1. The molecule has 15 heavy (non-hydrogen) atoms. The lowest BCUT2D eigenvalue weighted by Crippen LogP contribution is -2.34. The molecule has 90 valence electrons. The van der Waals surface area contributed by atoms with Crippen LogP contribution in [0.25, 0.3) is 0 Å². The second kappa shape index (κ2) is 7.53. The normalized spacial score (nSPS) is 30.6. The second-order valence-electron chi connectivity index (χ2n) is 4.65. The summed E-state index contributed by atoms with van der Waals surface area (Å²) in [7, 11) is 0. The van der Waals surface area contributed by atoms with Gasteiger partial charge in [-0.15, -0.1) is 0 Å². The lowest BCUT2D eigenvalue weighted by Gasteiger charge is -2.28. The monoisotopic (exact) mass is 231 g/mol. The largest absolute Gasteiger partial charge is 0.396 e. The molecule has 0 saturated heterocycles. The predicted molar refractivity (Wildman–Crippen MR) is 68.2 cm³/mol. The van der Waals surface area contributed by atoms with Crippen LogP contribution < -0.4 is 5.73 Å². The highest BCUT2D eigenvalue weighted by atomic mass is 32.2. The number of nitrogens with two attached hydrogens (primary N) is 1. The van der Waals surface area contributed by atoms with E-state index in [9.17, 15) is 0 Å². The van der Waals surface area contributed by atoms with Crippen LogP contribution in [0.2, 0.25) is 0 Å². The van der Waals surface area contributed by atoms with E-state index in [0.717, 1.165) is 6.42 Å². The van der Waals surface area contributed by atoms with E-state index in [1.54, 1.807) is 0 Å². The maximum absolute atomic E-state index is 8.89. The minimum absolute atomic E-state index is 0.302. The lowest BCUT2D eigenvalue weighted by molar-refractivity contribution is 0.288. The Labute approximate surface area is 98.0 Å². The molecule has 3 unspecified atom stereocenters. The Morgan fingerprint density at radius 3 is 2.60 bits per heavy atom. The molecular formula is C12H25NOS. The number of hydrogen-bond acceptors (Lipinski definition) is 3. The first-order chi connectivity index (χ1) is 7.24. The molecule has 3 heteroatoms. The first-order valence-electron chi connectivity index (χ1n) is 6.26. The molecule has 0 aromatic rings. The van der Waals surface area contributed by atoms with Crippen LogP contribution >= 0.6 is 11.8 Å². The van der Waals surface area contributed by atoms with Crippen molar-refractivity contribution in [3.8, 4) is 0 Å². The minimum atomic E-state index is 0.302. The first kappa shape index (κ1) is 13.3. The zero-order valence-electron chi connectivity index (χ0n) is 9.82. The fraction of sp³-hybridized carbons (Fsp3) is 1.00. The molecule has 1 fully saturated rings. The second-order valence-corrected chi connectivity index (χ2v) is 6.34. The van der Waals surface area contributed by atoms with Gasteiger partial charge in [-0.3, -0.25) is 0 Å². The summed E-state index contributed by atoms with van der Waals surface area (Å²) in [6.45, 7) is 2.50. The lowest BCUT2D eigenvalue weighted by atomic mass is 9.97. The topological polar surface area (TPSA) is 46.2 Å². The fourth-order valence-electron chi connectivity index (χ4n) is 2.20. The Hall–Kier alpha value is 0.270. The number of rotatable bonds is 4. The van der Waals surface area contributed by atoms with Gasteiger partial charge in [0.2, 0.25) is 0 Å². The number of hydrogen-bond donors (Lipinski definition) is 2. The Morgan fingerprint density at radius 2 is 1.93 bits per heavy atom. The summed E-state index contributed by atoms with van der Waals surface area (Å²) >= 11 is 1.99. The van der Waals surface area contributed by atoms with Crippen molar-refractivity contribution in [1.29, 1.82) is 0 Å². The molecule has 1 aliphatic carbocycles. The summed E-state index contributed by atoms with van der Waals surface area (Å²) in [5.41, 5.74) is 6.21. The molecule has 0 radical (unpaired) electrons. The SMILES string of the molecule is CC(CCO)SC1CCCCCCC1N. The van der Waals surface area contributed by atoms with E-state index in [-0.39, 0.29) is 0 Å². The minimum Gasteiger partial charge on any atom is -0.396 e. The van der Waals surface area contributed by atoms with Crippen molar-refractivity contribution in [2.75, 3.05) is 6.61 Å². The molecule has 2 nitrogen and oxygen atoms in total. The van der Waals surface area contributed by atoms with Crippen LogP contribution in [0.4, 0.5) is 0 Å². The Morgan fingerprint density at radius 1 is 1.27 bits per heavy atom. The third kappa shape index (κ3) is 5.23. The van der Waals surface area contributed by atoms with Gasteiger partial charge >= 0.3 is 0 Å². The molecule has 0 heterocycles. The quantitative estimate of drug-likeness (QED) is 0.781. The molecule has 1 saturated carbocycles. The Balaban J connectivity index is 2.34. The summed E-state index contributed by atoms with van der Waals surface area (Å²) in [6.07, 6.45) is 8.71. The molecule has 1 rings (SSSR count). The van der Waals surface area contributed by atoms with Crippen LogP contribution in [0.3, 0.4) is 0 Å². The van der Waals surface area contributed by atoms with Crippen molar-refractivity contribution in [3.05, 3.63) is 0 Å². The van der Waals surface area contributed by atoms with Gasteiger partial charge in [-0.2, -0.15) is 11.8 Å². The van der Waals surface area contributed by atoms with Crippen LogP contribution in [-0.4, -0.2) is 28.3 Å². The fourth-order valence-corrected chi connectivity index (χ4v) is 3.68. The average Bonchev–Trinajstić information content (AvgIpc) is 2.18. The molecule has 3 N–H and O–H groups in total. The molecule has 0 amide bonds. The molecular weight excluding hydrogens is 206 g/mol. The van der Waals surface area contributed by atoms with Gasteiger partial charge in [0.15, 0.2) is 0 Å². The maximum Gasteiger partial charge on any atom is 0.0441 e. The maximum atomic E-state index is 8.89. The number of thioether (sulfide) groups is 1. The van der Waals surface area contributed by atoms with Crippen LogP contribution in [0, 0.1) is 0 Å². The van der Waals surface area contributed by atoms with Crippen molar-refractivity contribution >= 4 is 11.8 Å². The van der Waals surface area contributed by atoms with E-state index < -0.39 is 0 Å². The van der Waals surface area contributed by atoms with Gasteiger partial charge in [0.25, 0.3) is 0 Å². The van der Waals surface area contributed by atoms with Gasteiger partial charge in [0.05, 0.1) is 0 Å². The molecule has 3 atom stereocenters. The molecule has 1 aliphatic rings. The van der Waals surface area contributed by atoms with Gasteiger partial charge < -0.3 is 10.8 Å². The average molecular weight is 231 g/mol. The standard InChI is InChI=1S/C12H25NOS/c1-10(8-9-14)15-12-7-5-3-2-4-6-11(12)13/h10-12,14H,2-9,13H2,1H3. The van der Waals surface area contributed by atoms with E-state index >= 15 is 0 Å². The van der Waals surface area contributed by atoms with Crippen LogP contribution in [0.1, 0.15) is 51.9 Å². The zero-order chi connectivity index (χ0) is 11.1. The van der Waals surface area contributed by atoms with Gasteiger partial charge in [0, 0.05) is 23.1 Å². The summed E-state index contributed by atoms with van der Waals surface area (Å²) in [6, 6.07) is 0.372. The van der Waals surface area contributed by atoms with Crippen LogP contribution in [0.15, 0.2) is 0 Å². The summed E-state index contributed by atoms with van der Waals surface area (Å²) in [4.78, 5) is 0. The van der Waals surface area contributed by atoms with E-state index in [1.807, 2.05) is 11.8 Å². The molecule has 0 aromatic heterocycles. The summed E-state index contributed by atoms with van der Waals surface area (Å²) in [5, 5.41) is 10.1. The predicted octanol–water partition coefficient (Wildman–Crippen LogP) is 2.54. The van der Waals surface area contributed by atoms with Crippen molar-refractivity contribution in [1.82, 2.24) is 0 Å². The van der Waals surface area contributed by atoms with E-state index in [4.69, 9.17) is 10.8 Å². The molecule has 0 bridgehead atoms. The van der Waals surface area contributed by atoms with E-state index in [1.165, 1.54) is 38.5 Å². The van der Waals surface area contributed by atoms with Gasteiger partial charge in [-0.05, 0) is 19.3 Å². The highest BCUT2D eigenvalue weighted by molar-refractivity contribution is 8.00. The summed E-state index contributed by atoms with van der Waals surface area (Å²) < 4.78 is 0. The summed E-state index contributed by atoms with van der Waals surface area (Å²) in [5.74, 6) is 0. The van der Waals surface area contributed by atoms with Crippen molar-refractivity contribution < 1.29 is 5.11 Å². The zero-order valence-corrected chi connectivity index (χ0v) is 10.6. The van der Waals surface area contributed by atoms with Crippen LogP contribution in [0.5, 0.6) is 0 Å². The Kier molecular flexibility index (Phi) is 6.69. The van der Waals surface area contributed by atoms with E-state index in [0.29, 0.717) is 23.1 Å². The highest BCUT2D eigenvalue weighted by Gasteiger charge is 2.21. The molecule has 0 aromatic carbocycles. The van der Waals surface area contributed by atoms with Crippen LogP contribution in [-0.2, 0) is 0 Å². The smallest absolute Gasteiger partial charge is 0.0441 e. The third-order valence-corrected chi connectivity index (χ3v) is 4.83. The van der Waals surface area contributed by atoms with Gasteiger partial charge in [-0.1, -0.05) is 32.6 Å². The van der Waals surface area contributed by atoms with E-state index in [2.05, 4.69) is 6.92 Å². The van der Waals surface area contributed by atoms with Crippen molar-refractivity contribution in [2.45, 2.75) is 68.4 Å². The Bertz CT molecular complexity index is 166. The molecule has 0 aliphatic heterocycles. The number of aliphatic hydroxyl groups is 1. The van der Waals surface area contributed by atoms with Crippen molar-refractivity contribution in [2.24, 2.45) is 5.73 Å². The van der Waals surface area contributed by atoms with Crippen molar-refractivity contribution in [3.63, 3.8) is 0 Å². The van der Waals surface area contributed by atoms with Gasteiger partial charge in [-0.25, -0.2) is 0 Å². The first-order valence-corrected chi connectivity index (χ1v) is 7.20. The van der Waals surface area contributed by atoms with Gasteiger partial charge in [0.1, 0.15) is 0 Å². The third-order valence-electron chi connectivity index (χ3n) is 3.20.